The maximum atomic E-state index is 12.5. The molecule has 0 radical (unpaired) electrons. The van der Waals surface area contributed by atoms with Gasteiger partial charge in [-0.15, -0.1) is 0 Å². The van der Waals surface area contributed by atoms with Crippen LogP contribution in [-0.4, -0.2) is 56.5 Å². The molecule has 0 aromatic carbocycles. The van der Waals surface area contributed by atoms with E-state index >= 15 is 0 Å². The summed E-state index contributed by atoms with van der Waals surface area (Å²) in [7, 11) is 0. The summed E-state index contributed by atoms with van der Waals surface area (Å²) in [5.74, 6) is 2.43. The van der Waals surface area contributed by atoms with Crippen molar-refractivity contribution in [1.29, 1.82) is 0 Å². The van der Waals surface area contributed by atoms with Crippen LogP contribution in [0, 0.1) is 28.6 Å². The number of fused-ring (bicyclic) bond motifs is 5. The van der Waals surface area contributed by atoms with Gasteiger partial charge in [-0.1, -0.05) is 25.5 Å². The molecular formula is C31H44N2O5. The Kier molecular flexibility index (Phi) is 7.19. The van der Waals surface area contributed by atoms with Gasteiger partial charge in [0, 0.05) is 31.7 Å². The minimum absolute atomic E-state index is 0.161. The molecule has 3 saturated carbocycles. The molecular weight excluding hydrogens is 480 g/mol. The predicted molar refractivity (Wildman–Crippen MR) is 145 cm³/mol. The lowest BCUT2D eigenvalue weighted by Crippen LogP contribution is -2.53. The van der Waals surface area contributed by atoms with E-state index in [0.717, 1.165) is 58.0 Å². The van der Waals surface area contributed by atoms with Gasteiger partial charge in [0.2, 0.25) is 0 Å². The topological polar surface area (TPSA) is 81.0 Å². The smallest absolute Gasteiger partial charge is 0.407 e. The summed E-state index contributed by atoms with van der Waals surface area (Å²) in [6, 6.07) is 3.77. The highest BCUT2D eigenvalue weighted by atomic mass is 16.5. The maximum Gasteiger partial charge on any atom is 0.407 e. The third-order valence-corrected chi connectivity index (χ3v) is 11.3. The molecule has 0 bridgehead atoms. The zero-order valence-electron chi connectivity index (χ0n) is 23.1. The second-order valence-corrected chi connectivity index (χ2v) is 13.0. The number of hydrogen-bond acceptors (Lipinski definition) is 6. The first-order valence-corrected chi connectivity index (χ1v) is 14.9. The van der Waals surface area contributed by atoms with Crippen molar-refractivity contribution in [3.05, 3.63) is 46.0 Å². The number of nitrogens with one attached hydrogen (secondary N) is 1. The molecule has 1 aliphatic heterocycles. The monoisotopic (exact) mass is 524 g/mol. The lowest BCUT2D eigenvalue weighted by atomic mass is 9.45. The number of nitrogens with zero attached hydrogens (tertiary/aromatic N) is 1. The van der Waals surface area contributed by atoms with Gasteiger partial charge in [0.1, 0.15) is 6.61 Å². The summed E-state index contributed by atoms with van der Waals surface area (Å²) in [6.45, 7) is 9.58. The highest BCUT2D eigenvalue weighted by molar-refractivity contribution is 5.67. The van der Waals surface area contributed by atoms with Crippen molar-refractivity contribution in [2.75, 3.05) is 39.5 Å². The van der Waals surface area contributed by atoms with E-state index in [4.69, 9.17) is 13.9 Å². The molecule has 5 aliphatic rings. The highest BCUT2D eigenvalue weighted by Crippen LogP contribution is 2.67. The van der Waals surface area contributed by atoms with Crippen molar-refractivity contribution in [2.24, 2.45) is 28.6 Å². The van der Waals surface area contributed by atoms with E-state index in [-0.39, 0.29) is 23.2 Å². The normalized spacial score (nSPS) is 38.9. The summed E-state index contributed by atoms with van der Waals surface area (Å²) in [5, 5.41) is 3.20. The highest BCUT2D eigenvalue weighted by Gasteiger charge is 2.57. The molecule has 6 rings (SSSR count). The van der Waals surface area contributed by atoms with Crippen LogP contribution in [0.25, 0.3) is 0 Å². The van der Waals surface area contributed by atoms with Gasteiger partial charge < -0.3 is 19.2 Å². The Morgan fingerprint density at radius 3 is 2.76 bits per heavy atom. The molecule has 0 spiro atoms. The largest absolute Gasteiger partial charge is 0.448 e. The fourth-order valence-electron chi connectivity index (χ4n) is 9.09. The number of amides is 1. The molecule has 1 N–H and O–H groups in total. The lowest BCUT2D eigenvalue weighted by Gasteiger charge is -2.60. The van der Waals surface area contributed by atoms with Crippen molar-refractivity contribution < 1.29 is 18.7 Å². The molecule has 1 aromatic heterocycles. The predicted octanol–water partition coefficient (Wildman–Crippen LogP) is 5.11. The Morgan fingerprint density at radius 1 is 1.13 bits per heavy atom. The second kappa shape index (κ2) is 10.5. The molecule has 7 atom stereocenters. The number of morpholine rings is 1. The Hall–Kier alpha value is -2.12. The number of carbonyl (C=O) groups is 1. The summed E-state index contributed by atoms with van der Waals surface area (Å²) >= 11 is 0. The number of ether oxygens (including phenoxy) is 2. The number of alkyl carbamates (subject to hydrolysis) is 1. The number of rotatable bonds is 5. The molecule has 0 unspecified atom stereocenters. The van der Waals surface area contributed by atoms with Gasteiger partial charge in [-0.05, 0) is 97.5 Å². The Morgan fingerprint density at radius 2 is 1.97 bits per heavy atom. The van der Waals surface area contributed by atoms with E-state index in [9.17, 15) is 9.59 Å². The molecule has 1 aromatic rings. The Bertz CT molecular complexity index is 1090. The van der Waals surface area contributed by atoms with Gasteiger partial charge in [0.25, 0.3) is 0 Å². The first kappa shape index (κ1) is 26.1. The first-order valence-electron chi connectivity index (χ1n) is 14.9. The van der Waals surface area contributed by atoms with Crippen molar-refractivity contribution in [3.63, 3.8) is 0 Å². The van der Waals surface area contributed by atoms with E-state index in [2.05, 4.69) is 30.1 Å². The van der Waals surface area contributed by atoms with Crippen LogP contribution in [0.4, 0.5) is 4.79 Å². The van der Waals surface area contributed by atoms with Gasteiger partial charge in [-0.3, -0.25) is 4.90 Å². The first-order chi connectivity index (χ1) is 18.4. The SMILES string of the molecule is C[C@]12CC[C@H](NC(=O)OCCN3CCOCC3)C[C@H]1CC[C@H]1C3=CC[C@H](c4ccc(=O)oc4)[C@@]3(C)CC[C@@H]12. The van der Waals surface area contributed by atoms with Crippen LogP contribution in [0.2, 0.25) is 0 Å². The molecule has 38 heavy (non-hydrogen) atoms. The van der Waals surface area contributed by atoms with Crippen LogP contribution in [0.15, 0.2) is 39.3 Å². The van der Waals surface area contributed by atoms with Crippen LogP contribution in [0.1, 0.15) is 76.7 Å². The van der Waals surface area contributed by atoms with Crippen molar-refractivity contribution in [3.8, 4) is 0 Å². The van der Waals surface area contributed by atoms with Gasteiger partial charge in [0.05, 0.1) is 19.5 Å². The fourth-order valence-corrected chi connectivity index (χ4v) is 9.09. The fraction of sp³-hybridized carbons (Fsp3) is 0.742. The van der Waals surface area contributed by atoms with E-state index < -0.39 is 0 Å². The lowest BCUT2D eigenvalue weighted by molar-refractivity contribution is -0.0592. The van der Waals surface area contributed by atoms with Crippen LogP contribution < -0.4 is 10.9 Å². The summed E-state index contributed by atoms with van der Waals surface area (Å²) < 4.78 is 16.2. The van der Waals surface area contributed by atoms with E-state index in [1.165, 1.54) is 37.7 Å². The molecule has 2 heterocycles. The van der Waals surface area contributed by atoms with Gasteiger partial charge in [-0.2, -0.15) is 0 Å². The van der Waals surface area contributed by atoms with E-state index in [0.29, 0.717) is 29.8 Å². The molecule has 4 fully saturated rings. The zero-order valence-corrected chi connectivity index (χ0v) is 23.1. The minimum atomic E-state index is -0.272. The van der Waals surface area contributed by atoms with Crippen molar-refractivity contribution in [1.82, 2.24) is 10.2 Å². The summed E-state index contributed by atoms with van der Waals surface area (Å²) in [6.07, 6.45) is 13.3. The third kappa shape index (κ3) is 4.74. The third-order valence-electron chi connectivity index (χ3n) is 11.3. The van der Waals surface area contributed by atoms with Crippen LogP contribution in [0.5, 0.6) is 0 Å². The van der Waals surface area contributed by atoms with E-state index in [1.54, 1.807) is 17.9 Å². The van der Waals surface area contributed by atoms with Crippen molar-refractivity contribution >= 4 is 6.09 Å². The molecule has 1 amide bonds. The molecule has 1 saturated heterocycles. The van der Waals surface area contributed by atoms with Crippen molar-refractivity contribution in [2.45, 2.75) is 77.2 Å². The van der Waals surface area contributed by atoms with Crippen LogP contribution >= 0.6 is 0 Å². The van der Waals surface area contributed by atoms with Crippen LogP contribution in [-0.2, 0) is 9.47 Å². The summed E-state index contributed by atoms with van der Waals surface area (Å²) in [4.78, 5) is 26.4. The second-order valence-electron chi connectivity index (χ2n) is 13.0. The standard InChI is InChI=1S/C31H44N2O5/c1-30-11-9-23(32-29(35)37-18-15-33-13-16-36-17-14-33)19-22(30)4-5-24-26-7-6-25(21-3-8-28(34)38-20-21)31(26,2)12-10-27(24)30/h3,7-8,20,22-25,27H,4-6,9-19H2,1-2H3,(H,32,35)/t22-,23+,24+,25-,27+,30+,31-/m1/s1. The molecule has 208 valence electrons. The zero-order chi connectivity index (χ0) is 26.3. The van der Waals surface area contributed by atoms with E-state index in [1.807, 2.05) is 6.07 Å². The molecule has 7 heteroatoms. The van der Waals surface area contributed by atoms with Gasteiger partial charge >= 0.3 is 11.7 Å². The quantitative estimate of drug-likeness (QED) is 0.539. The number of carbonyl (C=O) groups excluding carboxylic acids is 1. The van der Waals surface area contributed by atoms with Crippen LogP contribution in [0.3, 0.4) is 0 Å². The van der Waals surface area contributed by atoms with Gasteiger partial charge in [0.15, 0.2) is 0 Å². The average molecular weight is 525 g/mol. The Labute approximate surface area is 226 Å². The van der Waals surface area contributed by atoms with Gasteiger partial charge in [-0.25, -0.2) is 9.59 Å². The maximum absolute atomic E-state index is 12.5. The number of hydrogen-bond donors (Lipinski definition) is 1. The minimum Gasteiger partial charge on any atom is -0.448 e. The number of allylic oxidation sites excluding steroid dienone is 2. The molecule has 4 aliphatic carbocycles. The summed E-state index contributed by atoms with van der Waals surface area (Å²) in [5.41, 5.74) is 3.06. The average Bonchev–Trinajstić information content (AvgIpc) is 3.27. The Balaban J connectivity index is 1.05. The molecule has 7 nitrogen and oxygen atoms in total.